The lowest BCUT2D eigenvalue weighted by atomic mass is 10.3. The predicted octanol–water partition coefficient (Wildman–Crippen LogP) is 1.77. The van der Waals surface area contributed by atoms with Crippen molar-refractivity contribution in [2.45, 2.75) is 6.92 Å². The first-order valence-corrected chi connectivity index (χ1v) is 6.20. The van der Waals surface area contributed by atoms with Crippen LogP contribution in [0, 0.1) is 0 Å². The zero-order valence-electron chi connectivity index (χ0n) is 11.0. The minimum absolute atomic E-state index is 0.00872. The van der Waals surface area contributed by atoms with E-state index in [1.54, 1.807) is 31.4 Å². The van der Waals surface area contributed by atoms with Gasteiger partial charge in [-0.2, -0.15) is 0 Å². The number of hydrogen-bond donors (Lipinski definition) is 1. The molecule has 0 aliphatic carbocycles. The van der Waals surface area contributed by atoms with Gasteiger partial charge < -0.3 is 15.0 Å². The molecule has 0 saturated carbocycles. The van der Waals surface area contributed by atoms with E-state index < -0.39 is 0 Å². The minimum atomic E-state index is -0.270. The SMILES string of the molecule is COCCN(CC(=O)Nc1cccc(Cl)c1)C(C)=O. The number of anilines is 1. The Kier molecular flexibility index (Phi) is 6.32. The molecule has 0 aliphatic heterocycles. The van der Waals surface area contributed by atoms with Crippen molar-refractivity contribution < 1.29 is 14.3 Å². The van der Waals surface area contributed by atoms with Crippen LogP contribution in [-0.4, -0.2) is 43.5 Å². The number of nitrogens with zero attached hydrogens (tertiary/aromatic N) is 1. The lowest BCUT2D eigenvalue weighted by Gasteiger charge is -2.20. The van der Waals surface area contributed by atoms with E-state index in [0.29, 0.717) is 23.9 Å². The van der Waals surface area contributed by atoms with E-state index in [1.807, 2.05) is 0 Å². The van der Waals surface area contributed by atoms with Gasteiger partial charge in [-0.1, -0.05) is 17.7 Å². The Hall–Kier alpha value is -1.59. The van der Waals surface area contributed by atoms with Crippen LogP contribution >= 0.6 is 11.6 Å². The summed E-state index contributed by atoms with van der Waals surface area (Å²) < 4.78 is 4.90. The molecular formula is C13H17ClN2O3. The Balaban J connectivity index is 2.55. The van der Waals surface area contributed by atoms with Crippen molar-refractivity contribution in [3.8, 4) is 0 Å². The molecule has 0 fully saturated rings. The first-order chi connectivity index (χ1) is 9.02. The zero-order valence-corrected chi connectivity index (χ0v) is 11.7. The van der Waals surface area contributed by atoms with Crippen LogP contribution in [0.1, 0.15) is 6.92 Å². The third-order valence-corrected chi connectivity index (χ3v) is 2.69. The number of hydrogen-bond acceptors (Lipinski definition) is 3. The molecule has 0 atom stereocenters. The van der Waals surface area contributed by atoms with Crippen LogP contribution in [0.4, 0.5) is 5.69 Å². The molecule has 1 rings (SSSR count). The molecule has 104 valence electrons. The quantitative estimate of drug-likeness (QED) is 0.866. The smallest absolute Gasteiger partial charge is 0.243 e. The number of carbonyl (C=O) groups excluding carboxylic acids is 2. The largest absolute Gasteiger partial charge is 0.383 e. The maximum absolute atomic E-state index is 11.8. The third kappa shape index (κ3) is 5.72. The van der Waals surface area contributed by atoms with Gasteiger partial charge in [0.1, 0.15) is 0 Å². The van der Waals surface area contributed by atoms with Crippen molar-refractivity contribution in [3.05, 3.63) is 29.3 Å². The number of amides is 2. The first-order valence-electron chi connectivity index (χ1n) is 5.83. The lowest BCUT2D eigenvalue weighted by molar-refractivity contribution is -0.133. The normalized spacial score (nSPS) is 10.1. The number of nitrogens with one attached hydrogen (secondary N) is 1. The van der Waals surface area contributed by atoms with Crippen molar-refractivity contribution in [1.82, 2.24) is 4.90 Å². The van der Waals surface area contributed by atoms with Gasteiger partial charge in [-0.15, -0.1) is 0 Å². The summed E-state index contributed by atoms with van der Waals surface area (Å²) in [7, 11) is 1.55. The second-order valence-electron chi connectivity index (χ2n) is 3.99. The Morgan fingerprint density at radius 1 is 1.42 bits per heavy atom. The van der Waals surface area contributed by atoms with Gasteiger partial charge in [0.25, 0.3) is 0 Å². The van der Waals surface area contributed by atoms with E-state index in [9.17, 15) is 9.59 Å². The number of benzene rings is 1. The fourth-order valence-corrected chi connectivity index (χ4v) is 1.68. The van der Waals surface area contributed by atoms with Gasteiger partial charge in [-0.25, -0.2) is 0 Å². The highest BCUT2D eigenvalue weighted by Gasteiger charge is 2.13. The minimum Gasteiger partial charge on any atom is -0.383 e. The Morgan fingerprint density at radius 2 is 2.16 bits per heavy atom. The van der Waals surface area contributed by atoms with Crippen LogP contribution in [0.25, 0.3) is 0 Å². The molecule has 0 radical (unpaired) electrons. The average Bonchev–Trinajstić information content (AvgIpc) is 2.34. The monoisotopic (exact) mass is 284 g/mol. The number of halogens is 1. The molecule has 6 heteroatoms. The second kappa shape index (κ2) is 7.76. The summed E-state index contributed by atoms with van der Waals surface area (Å²) in [6.45, 7) is 2.19. The van der Waals surface area contributed by atoms with Gasteiger partial charge in [0, 0.05) is 31.3 Å². The predicted molar refractivity (Wildman–Crippen MR) is 74.2 cm³/mol. The lowest BCUT2D eigenvalue weighted by Crippen LogP contribution is -2.38. The molecule has 0 spiro atoms. The van der Waals surface area contributed by atoms with Gasteiger partial charge in [-0.05, 0) is 18.2 Å². The summed E-state index contributed by atoms with van der Waals surface area (Å²) in [4.78, 5) is 24.6. The summed E-state index contributed by atoms with van der Waals surface area (Å²) in [5.41, 5.74) is 0.604. The zero-order chi connectivity index (χ0) is 14.3. The summed E-state index contributed by atoms with van der Waals surface area (Å²) in [6, 6.07) is 6.84. The van der Waals surface area contributed by atoms with Crippen LogP contribution in [-0.2, 0) is 14.3 Å². The van der Waals surface area contributed by atoms with Crippen molar-refractivity contribution >= 4 is 29.1 Å². The maximum atomic E-state index is 11.8. The molecule has 0 aliphatic rings. The van der Waals surface area contributed by atoms with Gasteiger partial charge >= 0.3 is 0 Å². The first kappa shape index (κ1) is 15.5. The standard InChI is InChI=1S/C13H17ClN2O3/c1-10(17)16(6-7-19-2)9-13(18)15-12-5-3-4-11(14)8-12/h3-5,8H,6-7,9H2,1-2H3,(H,15,18). The van der Waals surface area contributed by atoms with Gasteiger partial charge in [0.15, 0.2) is 0 Å². The van der Waals surface area contributed by atoms with Crippen molar-refractivity contribution in [2.24, 2.45) is 0 Å². The van der Waals surface area contributed by atoms with Crippen LogP contribution in [0.2, 0.25) is 5.02 Å². The topological polar surface area (TPSA) is 58.6 Å². The van der Waals surface area contributed by atoms with Crippen molar-refractivity contribution in [2.75, 3.05) is 32.1 Å². The molecule has 19 heavy (non-hydrogen) atoms. The maximum Gasteiger partial charge on any atom is 0.243 e. The third-order valence-electron chi connectivity index (χ3n) is 2.45. The molecule has 1 N–H and O–H groups in total. The van der Waals surface area contributed by atoms with E-state index in [-0.39, 0.29) is 18.4 Å². The highest BCUT2D eigenvalue weighted by atomic mass is 35.5. The van der Waals surface area contributed by atoms with Crippen molar-refractivity contribution in [1.29, 1.82) is 0 Å². The fraction of sp³-hybridized carbons (Fsp3) is 0.385. The van der Waals surface area contributed by atoms with E-state index in [2.05, 4.69) is 5.32 Å². The molecule has 0 unspecified atom stereocenters. The number of rotatable bonds is 6. The van der Waals surface area contributed by atoms with Crippen molar-refractivity contribution in [3.63, 3.8) is 0 Å². The summed E-state index contributed by atoms with van der Waals surface area (Å²) >= 11 is 5.82. The molecule has 0 aromatic heterocycles. The molecule has 5 nitrogen and oxygen atoms in total. The average molecular weight is 285 g/mol. The second-order valence-corrected chi connectivity index (χ2v) is 4.43. The van der Waals surface area contributed by atoms with Crippen LogP contribution in [0.3, 0.4) is 0 Å². The summed E-state index contributed by atoms with van der Waals surface area (Å²) in [5, 5.41) is 3.23. The van der Waals surface area contributed by atoms with E-state index >= 15 is 0 Å². The molecule has 1 aromatic rings. The van der Waals surface area contributed by atoms with Gasteiger partial charge in [0.05, 0.1) is 13.2 Å². The molecule has 2 amide bonds. The van der Waals surface area contributed by atoms with E-state index in [0.717, 1.165) is 0 Å². The van der Waals surface area contributed by atoms with E-state index in [4.69, 9.17) is 16.3 Å². The highest BCUT2D eigenvalue weighted by molar-refractivity contribution is 6.30. The molecule has 0 heterocycles. The summed E-state index contributed by atoms with van der Waals surface area (Å²) in [5.74, 6) is -0.438. The molecule has 0 saturated heterocycles. The number of ether oxygens (including phenoxy) is 1. The molecule has 0 bridgehead atoms. The Labute approximate surface area is 117 Å². The van der Waals surface area contributed by atoms with Crippen LogP contribution < -0.4 is 5.32 Å². The summed E-state index contributed by atoms with van der Waals surface area (Å²) in [6.07, 6.45) is 0. The number of carbonyl (C=O) groups is 2. The highest BCUT2D eigenvalue weighted by Crippen LogP contribution is 2.14. The molecule has 1 aromatic carbocycles. The Morgan fingerprint density at radius 3 is 2.74 bits per heavy atom. The van der Waals surface area contributed by atoms with Gasteiger partial charge in [-0.3, -0.25) is 9.59 Å². The molecular weight excluding hydrogens is 268 g/mol. The number of methoxy groups -OCH3 is 1. The Bertz CT molecular complexity index is 451. The van der Waals surface area contributed by atoms with Crippen LogP contribution in [0.5, 0.6) is 0 Å². The van der Waals surface area contributed by atoms with Crippen LogP contribution in [0.15, 0.2) is 24.3 Å². The van der Waals surface area contributed by atoms with E-state index in [1.165, 1.54) is 11.8 Å². The fourth-order valence-electron chi connectivity index (χ4n) is 1.49. The van der Waals surface area contributed by atoms with Gasteiger partial charge in [0.2, 0.25) is 11.8 Å².